The number of carbonyl (C=O) groups excluding carboxylic acids is 1. The molecule has 0 atom stereocenters. The van der Waals surface area contributed by atoms with E-state index in [0.717, 1.165) is 17.5 Å². The van der Waals surface area contributed by atoms with E-state index in [0.29, 0.717) is 39.3 Å². The molecule has 0 saturated carbocycles. The van der Waals surface area contributed by atoms with Crippen LogP contribution in [0.4, 0.5) is 5.13 Å². The number of nitrogens with one attached hydrogen (secondary N) is 2. The molecule has 6 nitrogen and oxygen atoms in total. The van der Waals surface area contributed by atoms with E-state index in [1.165, 1.54) is 11.3 Å². The number of ether oxygens (including phenoxy) is 2. The van der Waals surface area contributed by atoms with Crippen LogP contribution in [0.5, 0.6) is 11.5 Å². The third-order valence-corrected chi connectivity index (χ3v) is 5.41. The number of thiocarbonyl (C=S) groups is 1. The topological polar surface area (TPSA) is 72.5 Å². The van der Waals surface area contributed by atoms with Crippen molar-refractivity contribution in [3.8, 4) is 11.5 Å². The number of methoxy groups -OCH3 is 1. The van der Waals surface area contributed by atoms with E-state index in [4.69, 9.17) is 33.3 Å². The number of fused-ring (bicyclic) bond motifs is 1. The predicted octanol–water partition coefficient (Wildman–Crippen LogP) is 5.26. The van der Waals surface area contributed by atoms with Crippen molar-refractivity contribution >= 4 is 61.5 Å². The molecule has 0 spiro atoms. The maximum absolute atomic E-state index is 12.5. The number of hydrogen-bond donors (Lipinski definition) is 2. The molecule has 1 amide bonds. The van der Waals surface area contributed by atoms with Crippen molar-refractivity contribution in [3.63, 3.8) is 0 Å². The van der Waals surface area contributed by atoms with Crippen LogP contribution in [0.1, 0.15) is 30.1 Å². The van der Waals surface area contributed by atoms with E-state index in [9.17, 15) is 4.79 Å². The zero-order valence-corrected chi connectivity index (χ0v) is 18.3. The van der Waals surface area contributed by atoms with Gasteiger partial charge in [0.1, 0.15) is 11.5 Å². The van der Waals surface area contributed by atoms with E-state index < -0.39 is 0 Å². The normalized spacial score (nSPS) is 10.6. The Hall–Kier alpha value is -2.42. The fraction of sp³-hybridized carbons (Fsp3) is 0.250. The number of aromatic nitrogens is 1. The lowest BCUT2D eigenvalue weighted by atomic mass is 10.2. The SMILES string of the molecule is CCCCOc1cccc(C(=O)NC(=S)Nc2nc3cc(Cl)c(OC)cc3s2)c1. The first kappa shape index (κ1) is 21.3. The maximum Gasteiger partial charge on any atom is 0.257 e. The van der Waals surface area contributed by atoms with Gasteiger partial charge in [0, 0.05) is 11.6 Å². The fourth-order valence-electron chi connectivity index (χ4n) is 2.50. The van der Waals surface area contributed by atoms with Gasteiger partial charge in [0.25, 0.3) is 5.91 Å². The largest absolute Gasteiger partial charge is 0.495 e. The highest BCUT2D eigenvalue weighted by molar-refractivity contribution is 7.80. The first-order valence-electron chi connectivity index (χ1n) is 8.99. The van der Waals surface area contributed by atoms with Crippen LogP contribution in [0.2, 0.25) is 5.02 Å². The number of rotatable bonds is 7. The van der Waals surface area contributed by atoms with Crippen LogP contribution in [0.15, 0.2) is 36.4 Å². The van der Waals surface area contributed by atoms with E-state index in [1.54, 1.807) is 31.4 Å². The lowest BCUT2D eigenvalue weighted by Gasteiger charge is -2.09. The summed E-state index contributed by atoms with van der Waals surface area (Å²) in [6.07, 6.45) is 2.01. The lowest BCUT2D eigenvalue weighted by molar-refractivity contribution is 0.0977. The van der Waals surface area contributed by atoms with Crippen molar-refractivity contribution in [2.75, 3.05) is 19.0 Å². The van der Waals surface area contributed by atoms with Gasteiger partial charge in [-0.3, -0.25) is 10.1 Å². The van der Waals surface area contributed by atoms with Crippen LogP contribution in [-0.4, -0.2) is 29.7 Å². The molecule has 0 radical (unpaired) electrons. The molecule has 1 heterocycles. The van der Waals surface area contributed by atoms with Gasteiger partial charge in [-0.25, -0.2) is 4.98 Å². The Morgan fingerprint density at radius 2 is 2.14 bits per heavy atom. The summed E-state index contributed by atoms with van der Waals surface area (Å²) >= 11 is 12.8. The number of hydrogen-bond acceptors (Lipinski definition) is 6. The number of carbonyl (C=O) groups is 1. The van der Waals surface area contributed by atoms with Gasteiger partial charge in [-0.05, 0) is 42.9 Å². The molecule has 0 saturated heterocycles. The Labute approximate surface area is 183 Å². The quantitative estimate of drug-likeness (QED) is 0.378. The third kappa shape index (κ3) is 5.56. The molecule has 0 fully saturated rings. The monoisotopic (exact) mass is 449 g/mol. The highest BCUT2D eigenvalue weighted by Crippen LogP contribution is 2.34. The molecule has 2 aromatic carbocycles. The fourth-order valence-corrected chi connectivity index (χ4v) is 3.87. The van der Waals surface area contributed by atoms with Crippen molar-refractivity contribution in [1.29, 1.82) is 0 Å². The average Bonchev–Trinajstić information content (AvgIpc) is 3.08. The summed E-state index contributed by atoms with van der Waals surface area (Å²) < 4.78 is 11.7. The summed E-state index contributed by atoms with van der Waals surface area (Å²) in [5.41, 5.74) is 1.18. The number of halogens is 1. The van der Waals surface area contributed by atoms with Crippen LogP contribution in [0.3, 0.4) is 0 Å². The molecule has 2 N–H and O–H groups in total. The van der Waals surface area contributed by atoms with Gasteiger partial charge >= 0.3 is 0 Å². The molecular formula is C20H20ClN3O3S2. The van der Waals surface area contributed by atoms with Crippen molar-refractivity contribution in [1.82, 2.24) is 10.3 Å². The molecule has 0 unspecified atom stereocenters. The van der Waals surface area contributed by atoms with Crippen LogP contribution >= 0.6 is 35.2 Å². The second kappa shape index (κ2) is 9.87. The van der Waals surface area contributed by atoms with Gasteiger partial charge in [0.15, 0.2) is 10.2 Å². The second-order valence-electron chi connectivity index (χ2n) is 6.11. The number of amides is 1. The Bertz CT molecular complexity index is 1040. The Morgan fingerprint density at radius 1 is 1.31 bits per heavy atom. The molecule has 152 valence electrons. The van der Waals surface area contributed by atoms with Gasteiger partial charge < -0.3 is 14.8 Å². The first-order valence-corrected chi connectivity index (χ1v) is 10.6. The number of anilines is 1. The third-order valence-electron chi connectivity index (χ3n) is 3.97. The number of nitrogens with zero attached hydrogens (tertiary/aromatic N) is 1. The zero-order valence-electron chi connectivity index (χ0n) is 16.0. The molecule has 1 aromatic heterocycles. The maximum atomic E-state index is 12.5. The van der Waals surface area contributed by atoms with E-state index in [2.05, 4.69) is 22.5 Å². The van der Waals surface area contributed by atoms with Crippen molar-refractivity contribution in [3.05, 3.63) is 47.0 Å². The smallest absolute Gasteiger partial charge is 0.257 e. The van der Waals surface area contributed by atoms with Gasteiger partial charge in [0.2, 0.25) is 0 Å². The summed E-state index contributed by atoms with van der Waals surface area (Å²) in [6.45, 7) is 2.71. The van der Waals surface area contributed by atoms with Crippen LogP contribution in [-0.2, 0) is 0 Å². The number of benzene rings is 2. The molecule has 0 aliphatic rings. The van der Waals surface area contributed by atoms with E-state index in [-0.39, 0.29) is 11.0 Å². The van der Waals surface area contributed by atoms with Crippen molar-refractivity contribution < 1.29 is 14.3 Å². The molecule has 0 aliphatic heterocycles. The van der Waals surface area contributed by atoms with Crippen LogP contribution < -0.4 is 20.1 Å². The van der Waals surface area contributed by atoms with E-state index in [1.807, 2.05) is 12.1 Å². The highest BCUT2D eigenvalue weighted by atomic mass is 35.5. The standard InChI is InChI=1S/C20H20ClN3O3S2/c1-3-4-8-27-13-7-5-6-12(9-13)18(25)23-19(28)24-20-22-15-10-14(21)16(26-2)11-17(15)29-20/h5-7,9-11H,3-4,8H2,1-2H3,(H2,22,23,24,25,28). The Balaban J connectivity index is 1.64. The Kier molecular flexibility index (Phi) is 7.24. The van der Waals surface area contributed by atoms with E-state index >= 15 is 0 Å². The van der Waals surface area contributed by atoms with Gasteiger partial charge in [0.05, 0.1) is 29.0 Å². The zero-order chi connectivity index (χ0) is 20.8. The molecule has 0 bridgehead atoms. The number of thiazole rings is 1. The predicted molar refractivity (Wildman–Crippen MR) is 122 cm³/mol. The summed E-state index contributed by atoms with van der Waals surface area (Å²) in [7, 11) is 1.56. The minimum absolute atomic E-state index is 0.157. The summed E-state index contributed by atoms with van der Waals surface area (Å²) in [4.78, 5) is 16.9. The summed E-state index contributed by atoms with van der Waals surface area (Å²) in [6, 6.07) is 10.5. The number of unbranched alkanes of at least 4 members (excludes halogenated alkanes) is 1. The molecule has 3 aromatic rings. The minimum Gasteiger partial charge on any atom is -0.495 e. The molecular weight excluding hydrogens is 430 g/mol. The average molecular weight is 450 g/mol. The van der Waals surface area contributed by atoms with Gasteiger partial charge in [-0.15, -0.1) is 0 Å². The molecule has 3 rings (SSSR count). The van der Waals surface area contributed by atoms with Gasteiger partial charge in [-0.1, -0.05) is 42.3 Å². The molecule has 0 aliphatic carbocycles. The second-order valence-corrected chi connectivity index (χ2v) is 7.96. The van der Waals surface area contributed by atoms with Gasteiger partial charge in [-0.2, -0.15) is 0 Å². The Morgan fingerprint density at radius 3 is 2.90 bits per heavy atom. The van der Waals surface area contributed by atoms with Crippen LogP contribution in [0, 0.1) is 0 Å². The lowest BCUT2D eigenvalue weighted by Crippen LogP contribution is -2.34. The molecule has 9 heteroatoms. The minimum atomic E-state index is -0.325. The first-order chi connectivity index (χ1) is 14.0. The highest BCUT2D eigenvalue weighted by Gasteiger charge is 2.12. The van der Waals surface area contributed by atoms with Crippen molar-refractivity contribution in [2.24, 2.45) is 0 Å². The summed E-state index contributed by atoms with van der Waals surface area (Å²) in [5, 5.41) is 6.78. The summed E-state index contributed by atoms with van der Waals surface area (Å²) in [5.74, 6) is 0.905. The molecule has 29 heavy (non-hydrogen) atoms. The van der Waals surface area contributed by atoms with Crippen LogP contribution in [0.25, 0.3) is 10.2 Å². The van der Waals surface area contributed by atoms with Crippen molar-refractivity contribution in [2.45, 2.75) is 19.8 Å².